The molecule has 0 bridgehead atoms. The van der Waals surface area contributed by atoms with Crippen molar-refractivity contribution in [3.8, 4) is 0 Å². The Morgan fingerprint density at radius 2 is 1.92 bits per heavy atom. The number of hydrogen-bond acceptors (Lipinski definition) is 3. The average molecular weight is 188 g/mol. The van der Waals surface area contributed by atoms with E-state index in [-0.39, 0.29) is 6.42 Å². The summed E-state index contributed by atoms with van der Waals surface area (Å²) in [7, 11) is 1.40. The van der Waals surface area contributed by atoms with Crippen molar-refractivity contribution in [2.24, 2.45) is 0 Å². The SMILES string of the molecule is CNC(=O)CC(NC(C)=O)C(=O)O. The summed E-state index contributed by atoms with van der Waals surface area (Å²) < 4.78 is 0. The summed E-state index contributed by atoms with van der Waals surface area (Å²) in [6, 6.07) is -1.16. The van der Waals surface area contributed by atoms with Crippen LogP contribution in [0.3, 0.4) is 0 Å². The number of rotatable bonds is 4. The number of carboxylic acid groups (broad SMARTS) is 1. The second-order valence-electron chi connectivity index (χ2n) is 2.47. The minimum atomic E-state index is -1.22. The highest BCUT2D eigenvalue weighted by Crippen LogP contribution is 1.92. The van der Waals surface area contributed by atoms with Gasteiger partial charge in [0.15, 0.2) is 0 Å². The van der Waals surface area contributed by atoms with E-state index in [0.717, 1.165) is 0 Å². The van der Waals surface area contributed by atoms with Crippen LogP contribution in [0.25, 0.3) is 0 Å². The average Bonchev–Trinajstić information content (AvgIpc) is 2.02. The summed E-state index contributed by atoms with van der Waals surface area (Å²) in [6.45, 7) is 1.19. The maximum absolute atomic E-state index is 10.8. The van der Waals surface area contributed by atoms with Crippen molar-refractivity contribution in [1.29, 1.82) is 0 Å². The Morgan fingerprint density at radius 1 is 1.38 bits per heavy atom. The highest BCUT2D eigenvalue weighted by molar-refractivity contribution is 5.87. The van der Waals surface area contributed by atoms with Gasteiger partial charge >= 0.3 is 5.97 Å². The molecule has 6 nitrogen and oxygen atoms in total. The van der Waals surface area contributed by atoms with Gasteiger partial charge in [-0.15, -0.1) is 0 Å². The van der Waals surface area contributed by atoms with Crippen LogP contribution in [-0.2, 0) is 14.4 Å². The van der Waals surface area contributed by atoms with Crippen LogP contribution in [0.4, 0.5) is 0 Å². The molecular formula is C7H12N2O4. The molecule has 0 radical (unpaired) electrons. The molecule has 0 saturated carbocycles. The first-order valence-corrected chi connectivity index (χ1v) is 3.68. The van der Waals surface area contributed by atoms with Crippen molar-refractivity contribution in [2.75, 3.05) is 7.05 Å². The lowest BCUT2D eigenvalue weighted by Gasteiger charge is -2.11. The van der Waals surface area contributed by atoms with Crippen LogP contribution in [0.5, 0.6) is 0 Å². The maximum Gasteiger partial charge on any atom is 0.326 e. The van der Waals surface area contributed by atoms with Crippen LogP contribution in [0, 0.1) is 0 Å². The number of aliphatic carboxylic acids is 1. The molecule has 6 heteroatoms. The van der Waals surface area contributed by atoms with E-state index in [9.17, 15) is 14.4 Å². The molecule has 0 aliphatic heterocycles. The first kappa shape index (κ1) is 11.4. The zero-order valence-electron chi connectivity index (χ0n) is 7.46. The molecule has 0 aromatic carbocycles. The number of hydrogen-bond donors (Lipinski definition) is 3. The molecule has 0 aliphatic rings. The van der Waals surface area contributed by atoms with Crippen molar-refractivity contribution in [2.45, 2.75) is 19.4 Å². The van der Waals surface area contributed by atoms with E-state index >= 15 is 0 Å². The number of carboxylic acids is 1. The molecule has 1 atom stereocenters. The maximum atomic E-state index is 10.8. The van der Waals surface area contributed by atoms with Gasteiger partial charge in [-0.3, -0.25) is 9.59 Å². The number of carbonyl (C=O) groups excluding carboxylic acids is 2. The van der Waals surface area contributed by atoms with Crippen molar-refractivity contribution < 1.29 is 19.5 Å². The second-order valence-corrected chi connectivity index (χ2v) is 2.47. The quantitative estimate of drug-likeness (QED) is 0.511. The van der Waals surface area contributed by atoms with E-state index in [2.05, 4.69) is 10.6 Å². The molecule has 0 heterocycles. The molecule has 2 amide bonds. The largest absolute Gasteiger partial charge is 0.480 e. The van der Waals surface area contributed by atoms with Gasteiger partial charge in [-0.2, -0.15) is 0 Å². The lowest BCUT2D eigenvalue weighted by molar-refractivity contribution is -0.143. The summed E-state index contributed by atoms with van der Waals surface area (Å²) in [4.78, 5) is 31.8. The highest BCUT2D eigenvalue weighted by Gasteiger charge is 2.20. The first-order chi connectivity index (χ1) is 5.97. The summed E-state index contributed by atoms with van der Waals surface area (Å²) in [5, 5.41) is 13.0. The standard InChI is InChI=1S/C7H12N2O4/c1-4(10)9-5(7(12)13)3-6(11)8-2/h5H,3H2,1-2H3,(H,8,11)(H,9,10)(H,12,13). The fourth-order valence-electron chi connectivity index (χ4n) is 0.733. The van der Waals surface area contributed by atoms with E-state index in [1.807, 2.05) is 0 Å². The Balaban J connectivity index is 4.18. The molecule has 0 spiro atoms. The first-order valence-electron chi connectivity index (χ1n) is 3.68. The molecular weight excluding hydrogens is 176 g/mol. The van der Waals surface area contributed by atoms with E-state index in [0.29, 0.717) is 0 Å². The van der Waals surface area contributed by atoms with Crippen molar-refractivity contribution >= 4 is 17.8 Å². The third-order valence-electron chi connectivity index (χ3n) is 1.34. The summed E-state index contributed by atoms with van der Waals surface area (Å²) >= 11 is 0. The fourth-order valence-corrected chi connectivity index (χ4v) is 0.733. The normalized spacial score (nSPS) is 11.5. The van der Waals surface area contributed by atoms with E-state index in [1.165, 1.54) is 14.0 Å². The minimum absolute atomic E-state index is 0.259. The molecule has 74 valence electrons. The lowest BCUT2D eigenvalue weighted by atomic mass is 10.2. The van der Waals surface area contributed by atoms with E-state index in [1.54, 1.807) is 0 Å². The molecule has 0 saturated heterocycles. The van der Waals surface area contributed by atoms with Gasteiger partial charge in [0, 0.05) is 14.0 Å². The molecule has 3 N–H and O–H groups in total. The van der Waals surface area contributed by atoms with E-state index < -0.39 is 23.8 Å². The Bertz CT molecular complexity index is 227. The van der Waals surface area contributed by atoms with E-state index in [4.69, 9.17) is 5.11 Å². The fraction of sp³-hybridized carbons (Fsp3) is 0.571. The smallest absolute Gasteiger partial charge is 0.326 e. The zero-order valence-corrected chi connectivity index (χ0v) is 7.46. The summed E-state index contributed by atoms with van der Waals surface area (Å²) in [5.74, 6) is -2.13. The number of nitrogens with one attached hydrogen (secondary N) is 2. The van der Waals surface area contributed by atoms with Crippen LogP contribution < -0.4 is 10.6 Å². The van der Waals surface area contributed by atoms with Crippen LogP contribution in [-0.4, -0.2) is 36.0 Å². The highest BCUT2D eigenvalue weighted by atomic mass is 16.4. The third kappa shape index (κ3) is 4.78. The topological polar surface area (TPSA) is 95.5 Å². The molecule has 0 rings (SSSR count). The molecule has 1 unspecified atom stereocenters. The van der Waals surface area contributed by atoms with Crippen LogP contribution in [0.2, 0.25) is 0 Å². The monoisotopic (exact) mass is 188 g/mol. The number of carbonyl (C=O) groups is 3. The molecule has 0 aliphatic carbocycles. The predicted octanol–water partition coefficient (Wildman–Crippen LogP) is -1.29. The van der Waals surface area contributed by atoms with Gasteiger partial charge in [-0.05, 0) is 0 Å². The molecule has 13 heavy (non-hydrogen) atoms. The second kappa shape index (κ2) is 5.13. The van der Waals surface area contributed by atoms with Crippen LogP contribution in [0.1, 0.15) is 13.3 Å². The van der Waals surface area contributed by atoms with Gasteiger partial charge in [0.1, 0.15) is 6.04 Å². The van der Waals surface area contributed by atoms with Crippen molar-refractivity contribution in [1.82, 2.24) is 10.6 Å². The van der Waals surface area contributed by atoms with Gasteiger partial charge < -0.3 is 15.7 Å². The van der Waals surface area contributed by atoms with Crippen molar-refractivity contribution in [3.05, 3.63) is 0 Å². The van der Waals surface area contributed by atoms with Gasteiger partial charge in [-0.25, -0.2) is 4.79 Å². The van der Waals surface area contributed by atoms with Gasteiger partial charge in [0.25, 0.3) is 0 Å². The zero-order chi connectivity index (χ0) is 10.4. The Morgan fingerprint density at radius 3 is 2.23 bits per heavy atom. The van der Waals surface area contributed by atoms with Gasteiger partial charge in [0.05, 0.1) is 6.42 Å². The molecule has 0 aromatic rings. The summed E-state index contributed by atoms with van der Waals surface area (Å²) in [6.07, 6.45) is -0.259. The van der Waals surface area contributed by atoms with Crippen molar-refractivity contribution in [3.63, 3.8) is 0 Å². The van der Waals surface area contributed by atoms with Crippen LogP contribution in [0.15, 0.2) is 0 Å². The lowest BCUT2D eigenvalue weighted by Crippen LogP contribution is -2.42. The Kier molecular flexibility index (Phi) is 4.50. The number of amides is 2. The molecule has 0 aromatic heterocycles. The Hall–Kier alpha value is -1.59. The van der Waals surface area contributed by atoms with Gasteiger partial charge in [-0.1, -0.05) is 0 Å². The summed E-state index contributed by atoms with van der Waals surface area (Å²) in [5.41, 5.74) is 0. The predicted molar refractivity (Wildman–Crippen MR) is 43.9 cm³/mol. The molecule has 0 fully saturated rings. The third-order valence-corrected chi connectivity index (χ3v) is 1.34. The Labute approximate surface area is 75.3 Å². The minimum Gasteiger partial charge on any atom is -0.480 e. The van der Waals surface area contributed by atoms with Gasteiger partial charge in [0.2, 0.25) is 11.8 Å². The van der Waals surface area contributed by atoms with Crippen LogP contribution >= 0.6 is 0 Å².